The molecule has 2 aromatic heterocycles. The van der Waals surface area contributed by atoms with Gasteiger partial charge < -0.3 is 0 Å². The molecule has 0 aliphatic heterocycles. The van der Waals surface area contributed by atoms with E-state index in [1.54, 1.807) is 6.07 Å². The quantitative estimate of drug-likeness (QED) is 0.833. The number of hydrogen-bond acceptors (Lipinski definition) is 5. The van der Waals surface area contributed by atoms with Crippen LogP contribution in [0.15, 0.2) is 24.4 Å². The molecule has 0 atom stereocenters. The van der Waals surface area contributed by atoms with Gasteiger partial charge in [0, 0.05) is 17.2 Å². The van der Waals surface area contributed by atoms with Crippen LogP contribution in [-0.2, 0) is 0 Å². The van der Waals surface area contributed by atoms with Gasteiger partial charge in [0.2, 0.25) is 0 Å². The topological polar surface area (TPSA) is 79.8 Å². The van der Waals surface area contributed by atoms with Crippen molar-refractivity contribution in [3.63, 3.8) is 0 Å². The molecule has 82 valence electrons. The Hall–Kier alpha value is -2.02. The Morgan fingerprint density at radius 2 is 2.25 bits per heavy atom. The Balaban J connectivity index is 1.97. The molecule has 2 N–H and O–H groups in total. The van der Waals surface area contributed by atoms with Gasteiger partial charge in [0.15, 0.2) is 0 Å². The van der Waals surface area contributed by atoms with Gasteiger partial charge in [-0.1, -0.05) is 10.6 Å². The maximum absolute atomic E-state index is 11.5. The molecule has 2 amide bonds. The molecule has 0 aromatic carbocycles. The van der Waals surface area contributed by atoms with E-state index >= 15 is 0 Å². The van der Waals surface area contributed by atoms with Gasteiger partial charge in [-0.25, -0.2) is 9.78 Å². The Morgan fingerprint density at radius 3 is 2.94 bits per heavy atom. The van der Waals surface area contributed by atoms with Gasteiger partial charge in [-0.3, -0.25) is 10.6 Å². The molecule has 0 aliphatic carbocycles. The van der Waals surface area contributed by atoms with E-state index in [2.05, 4.69) is 25.2 Å². The first-order valence-electron chi connectivity index (χ1n) is 4.53. The van der Waals surface area contributed by atoms with E-state index in [-0.39, 0.29) is 6.03 Å². The lowest BCUT2D eigenvalue weighted by Gasteiger charge is -2.04. The van der Waals surface area contributed by atoms with Crippen molar-refractivity contribution in [2.24, 2.45) is 0 Å². The first kappa shape index (κ1) is 10.5. The van der Waals surface area contributed by atoms with E-state index in [4.69, 9.17) is 0 Å². The van der Waals surface area contributed by atoms with Crippen LogP contribution in [0, 0.1) is 6.92 Å². The lowest BCUT2D eigenvalue weighted by atomic mass is 10.4. The molecule has 0 unspecified atom stereocenters. The van der Waals surface area contributed by atoms with Crippen LogP contribution in [0.1, 0.15) is 5.69 Å². The lowest BCUT2D eigenvalue weighted by molar-refractivity contribution is 0.262. The number of amides is 2. The van der Waals surface area contributed by atoms with E-state index in [1.165, 1.54) is 6.20 Å². The van der Waals surface area contributed by atoms with Gasteiger partial charge >= 0.3 is 6.03 Å². The maximum atomic E-state index is 11.5. The minimum atomic E-state index is -0.357. The molecule has 0 spiro atoms. The standard InChI is InChI=1S/C9H9N5OS/c1-6-3-2-4-7(11-6)12-9(15)13-8-5-10-14-16-8/h2-5H,1H3,(H2,11,12,13,15). The number of carbonyl (C=O) groups is 1. The average molecular weight is 235 g/mol. The Morgan fingerprint density at radius 1 is 1.38 bits per heavy atom. The zero-order chi connectivity index (χ0) is 11.4. The number of aryl methyl sites for hydroxylation is 1. The third kappa shape index (κ3) is 2.74. The molecule has 0 saturated carbocycles. The number of carbonyl (C=O) groups excluding carboxylic acids is 1. The zero-order valence-electron chi connectivity index (χ0n) is 8.47. The Labute approximate surface area is 95.9 Å². The van der Waals surface area contributed by atoms with Gasteiger partial charge in [0.05, 0.1) is 6.20 Å². The number of rotatable bonds is 2. The van der Waals surface area contributed by atoms with Crippen LogP contribution >= 0.6 is 11.5 Å². The highest BCUT2D eigenvalue weighted by atomic mass is 32.1. The third-order valence-corrected chi connectivity index (χ3v) is 2.31. The number of urea groups is 1. The van der Waals surface area contributed by atoms with Crippen molar-refractivity contribution in [3.05, 3.63) is 30.1 Å². The largest absolute Gasteiger partial charge is 0.325 e. The highest BCUT2D eigenvalue weighted by Crippen LogP contribution is 2.10. The van der Waals surface area contributed by atoms with Gasteiger partial charge in [0.25, 0.3) is 0 Å². The summed E-state index contributed by atoms with van der Waals surface area (Å²) in [5.41, 5.74) is 0.845. The van der Waals surface area contributed by atoms with Crippen molar-refractivity contribution in [1.29, 1.82) is 0 Å². The summed E-state index contributed by atoms with van der Waals surface area (Å²) < 4.78 is 3.63. The average Bonchev–Trinajstić information content (AvgIpc) is 2.70. The van der Waals surface area contributed by atoms with E-state index in [1.807, 2.05) is 19.1 Å². The van der Waals surface area contributed by atoms with Crippen LogP contribution in [0.2, 0.25) is 0 Å². The maximum Gasteiger partial charge on any atom is 0.325 e. The molecule has 7 heteroatoms. The lowest BCUT2D eigenvalue weighted by Crippen LogP contribution is -2.19. The SMILES string of the molecule is Cc1cccc(NC(=O)Nc2cnns2)n1. The molecule has 2 rings (SSSR count). The normalized spacial score (nSPS) is 9.81. The highest BCUT2D eigenvalue weighted by molar-refractivity contribution is 7.10. The smallest absolute Gasteiger partial charge is 0.296 e. The minimum absolute atomic E-state index is 0.357. The molecule has 16 heavy (non-hydrogen) atoms. The number of nitrogens with one attached hydrogen (secondary N) is 2. The second kappa shape index (κ2) is 4.67. The van der Waals surface area contributed by atoms with Gasteiger partial charge in [-0.05, 0) is 19.1 Å². The monoisotopic (exact) mass is 235 g/mol. The first-order valence-corrected chi connectivity index (χ1v) is 5.30. The molecule has 2 heterocycles. The van der Waals surface area contributed by atoms with E-state index in [9.17, 15) is 4.79 Å². The molecule has 0 bridgehead atoms. The Bertz CT molecular complexity index is 484. The van der Waals surface area contributed by atoms with Crippen molar-refractivity contribution in [2.45, 2.75) is 6.92 Å². The molecule has 6 nitrogen and oxygen atoms in total. The summed E-state index contributed by atoms with van der Waals surface area (Å²) in [5, 5.41) is 9.40. The van der Waals surface area contributed by atoms with Crippen molar-refractivity contribution in [1.82, 2.24) is 14.6 Å². The number of anilines is 2. The van der Waals surface area contributed by atoms with Gasteiger partial charge in [-0.15, -0.1) is 5.10 Å². The van der Waals surface area contributed by atoms with Crippen LogP contribution in [0.4, 0.5) is 15.6 Å². The summed E-state index contributed by atoms with van der Waals surface area (Å²) in [6.45, 7) is 1.86. The second-order valence-corrected chi connectivity index (χ2v) is 3.81. The first-order chi connectivity index (χ1) is 7.74. The summed E-state index contributed by atoms with van der Waals surface area (Å²) >= 11 is 1.11. The third-order valence-electron chi connectivity index (χ3n) is 1.73. The fourth-order valence-electron chi connectivity index (χ4n) is 1.09. The number of hydrogen-bond donors (Lipinski definition) is 2. The van der Waals surface area contributed by atoms with Crippen LogP contribution < -0.4 is 10.6 Å². The van der Waals surface area contributed by atoms with Crippen molar-refractivity contribution < 1.29 is 4.79 Å². The molecular weight excluding hydrogens is 226 g/mol. The Kier molecular flexibility index (Phi) is 3.06. The van der Waals surface area contributed by atoms with E-state index < -0.39 is 0 Å². The van der Waals surface area contributed by atoms with Crippen LogP contribution in [0.3, 0.4) is 0 Å². The van der Waals surface area contributed by atoms with Crippen LogP contribution in [0.5, 0.6) is 0 Å². The fraction of sp³-hybridized carbons (Fsp3) is 0.111. The van der Waals surface area contributed by atoms with Gasteiger partial charge in [-0.2, -0.15) is 0 Å². The zero-order valence-corrected chi connectivity index (χ0v) is 9.28. The molecule has 0 radical (unpaired) electrons. The summed E-state index contributed by atoms with van der Waals surface area (Å²) in [7, 11) is 0. The van der Waals surface area contributed by atoms with Crippen molar-refractivity contribution >= 4 is 28.4 Å². The molecule has 0 aliphatic rings. The van der Waals surface area contributed by atoms with Crippen LogP contribution in [0.25, 0.3) is 0 Å². The van der Waals surface area contributed by atoms with Crippen molar-refractivity contribution in [3.8, 4) is 0 Å². The minimum Gasteiger partial charge on any atom is -0.296 e. The second-order valence-electron chi connectivity index (χ2n) is 3.03. The van der Waals surface area contributed by atoms with Crippen LogP contribution in [-0.4, -0.2) is 20.6 Å². The fourth-order valence-corrected chi connectivity index (χ4v) is 1.51. The predicted octanol–water partition coefficient (Wildman–Crippen LogP) is 1.89. The highest BCUT2D eigenvalue weighted by Gasteiger charge is 2.04. The predicted molar refractivity (Wildman–Crippen MR) is 61.5 cm³/mol. The number of pyridine rings is 1. The summed E-state index contributed by atoms with van der Waals surface area (Å²) in [5.74, 6) is 0.509. The van der Waals surface area contributed by atoms with Gasteiger partial charge in [0.1, 0.15) is 10.8 Å². The molecule has 2 aromatic rings. The summed E-state index contributed by atoms with van der Waals surface area (Å²) in [6.07, 6.45) is 1.48. The van der Waals surface area contributed by atoms with Crippen molar-refractivity contribution in [2.75, 3.05) is 10.6 Å². The summed E-state index contributed by atoms with van der Waals surface area (Å²) in [4.78, 5) is 15.6. The summed E-state index contributed by atoms with van der Waals surface area (Å²) in [6, 6.07) is 5.05. The number of aromatic nitrogens is 3. The number of nitrogens with zero attached hydrogens (tertiary/aromatic N) is 3. The van der Waals surface area contributed by atoms with E-state index in [0.29, 0.717) is 10.8 Å². The van der Waals surface area contributed by atoms with E-state index in [0.717, 1.165) is 17.2 Å². The molecule has 0 saturated heterocycles. The molecular formula is C9H9N5OS. The molecule has 0 fully saturated rings.